The fraction of sp³-hybridized carbons (Fsp3) is 0.917. The molecule has 2 unspecified atom stereocenters. The molecule has 96 valence electrons. The minimum Gasteiger partial charge on any atom is -0.383 e. The Morgan fingerprint density at radius 1 is 1.25 bits per heavy atom. The summed E-state index contributed by atoms with van der Waals surface area (Å²) in [5.41, 5.74) is 0. The molecule has 0 saturated carbocycles. The number of nitrogens with one attached hydrogen (secondary N) is 2. The maximum Gasteiger partial charge on any atom is 0.236 e. The van der Waals surface area contributed by atoms with Crippen LogP contribution in [0.4, 0.5) is 0 Å². The zero-order valence-corrected chi connectivity index (χ0v) is 11.2. The minimum absolute atomic E-state index is 0.0349. The highest BCUT2D eigenvalue weighted by atomic mass is 16.5. The van der Waals surface area contributed by atoms with Crippen molar-refractivity contribution in [3.8, 4) is 0 Å². The van der Waals surface area contributed by atoms with Crippen molar-refractivity contribution in [2.45, 2.75) is 46.2 Å². The highest BCUT2D eigenvalue weighted by molar-refractivity contribution is 5.81. The van der Waals surface area contributed by atoms with Crippen LogP contribution in [-0.2, 0) is 9.53 Å². The van der Waals surface area contributed by atoms with E-state index in [1.54, 1.807) is 7.11 Å². The lowest BCUT2D eigenvalue weighted by Gasteiger charge is -2.20. The lowest BCUT2D eigenvalue weighted by molar-refractivity contribution is -0.123. The monoisotopic (exact) mass is 230 g/mol. The van der Waals surface area contributed by atoms with Crippen molar-refractivity contribution in [1.29, 1.82) is 0 Å². The van der Waals surface area contributed by atoms with Crippen molar-refractivity contribution in [3.05, 3.63) is 0 Å². The van der Waals surface area contributed by atoms with Crippen LogP contribution in [0, 0.1) is 5.92 Å². The van der Waals surface area contributed by atoms with Gasteiger partial charge in [-0.15, -0.1) is 0 Å². The van der Waals surface area contributed by atoms with Crippen LogP contribution in [0.25, 0.3) is 0 Å². The van der Waals surface area contributed by atoms with Crippen LogP contribution in [0.3, 0.4) is 0 Å². The summed E-state index contributed by atoms with van der Waals surface area (Å²) in [5, 5.41) is 6.10. The predicted octanol–water partition coefficient (Wildman–Crippen LogP) is 1.16. The number of amides is 1. The van der Waals surface area contributed by atoms with Gasteiger partial charge in [0.1, 0.15) is 0 Å². The molecule has 4 heteroatoms. The second-order valence-electron chi connectivity index (χ2n) is 4.70. The van der Waals surface area contributed by atoms with Crippen molar-refractivity contribution in [2.75, 3.05) is 20.3 Å². The molecule has 0 aliphatic carbocycles. The largest absolute Gasteiger partial charge is 0.383 e. The molecule has 16 heavy (non-hydrogen) atoms. The van der Waals surface area contributed by atoms with Crippen LogP contribution in [0.5, 0.6) is 0 Å². The Kier molecular flexibility index (Phi) is 8.21. The van der Waals surface area contributed by atoms with Gasteiger partial charge in [0.05, 0.1) is 12.6 Å². The lowest BCUT2D eigenvalue weighted by Crippen LogP contribution is -2.46. The van der Waals surface area contributed by atoms with E-state index in [9.17, 15) is 4.79 Å². The van der Waals surface area contributed by atoms with E-state index in [1.807, 2.05) is 6.92 Å². The van der Waals surface area contributed by atoms with Crippen molar-refractivity contribution in [2.24, 2.45) is 5.92 Å². The van der Waals surface area contributed by atoms with Gasteiger partial charge in [-0.2, -0.15) is 0 Å². The third-order valence-corrected chi connectivity index (χ3v) is 2.36. The molecular weight excluding hydrogens is 204 g/mol. The van der Waals surface area contributed by atoms with Crippen LogP contribution in [0.1, 0.15) is 34.1 Å². The van der Waals surface area contributed by atoms with E-state index < -0.39 is 0 Å². The number of hydrogen-bond donors (Lipinski definition) is 2. The first-order valence-electron chi connectivity index (χ1n) is 6.00. The van der Waals surface area contributed by atoms with Gasteiger partial charge in [-0.25, -0.2) is 0 Å². The second kappa shape index (κ2) is 8.53. The van der Waals surface area contributed by atoms with Gasteiger partial charge in [-0.1, -0.05) is 13.8 Å². The molecule has 0 radical (unpaired) electrons. The first-order valence-corrected chi connectivity index (χ1v) is 6.00. The van der Waals surface area contributed by atoms with E-state index in [0.29, 0.717) is 25.1 Å². The Balaban J connectivity index is 3.77. The first-order chi connectivity index (χ1) is 7.47. The number of methoxy groups -OCH3 is 1. The fourth-order valence-corrected chi connectivity index (χ4v) is 1.71. The van der Waals surface area contributed by atoms with Gasteiger partial charge in [0.25, 0.3) is 0 Å². The summed E-state index contributed by atoms with van der Waals surface area (Å²) in [5.74, 6) is 0.680. The minimum atomic E-state index is -0.148. The molecule has 2 atom stereocenters. The Labute approximate surface area is 99.1 Å². The first kappa shape index (κ1) is 15.4. The molecule has 0 fully saturated rings. The Morgan fingerprint density at radius 2 is 1.88 bits per heavy atom. The number of carbonyl (C=O) groups is 1. The maximum atomic E-state index is 11.6. The second-order valence-corrected chi connectivity index (χ2v) is 4.70. The summed E-state index contributed by atoms with van der Waals surface area (Å²) in [6, 6.07) is 0.216. The van der Waals surface area contributed by atoms with Gasteiger partial charge in [0, 0.05) is 19.7 Å². The number of ether oxygens (including phenoxy) is 1. The predicted molar refractivity (Wildman–Crippen MR) is 66.4 cm³/mol. The molecular formula is C12H26N2O2. The normalized spacial score (nSPS) is 14.9. The summed E-state index contributed by atoms with van der Waals surface area (Å²) < 4.78 is 4.87. The zero-order valence-electron chi connectivity index (χ0n) is 11.2. The van der Waals surface area contributed by atoms with E-state index in [1.165, 1.54) is 0 Å². The van der Waals surface area contributed by atoms with E-state index in [2.05, 4.69) is 31.4 Å². The van der Waals surface area contributed by atoms with Crippen LogP contribution in [0.15, 0.2) is 0 Å². The Morgan fingerprint density at radius 3 is 2.38 bits per heavy atom. The lowest BCUT2D eigenvalue weighted by atomic mass is 10.0. The topological polar surface area (TPSA) is 50.4 Å². The molecule has 0 spiro atoms. The summed E-state index contributed by atoms with van der Waals surface area (Å²) in [6.07, 6.45) is 1.08. The van der Waals surface area contributed by atoms with Crippen LogP contribution in [-0.4, -0.2) is 38.3 Å². The highest BCUT2D eigenvalue weighted by Gasteiger charge is 2.15. The van der Waals surface area contributed by atoms with Crippen molar-refractivity contribution < 1.29 is 9.53 Å². The SMILES string of the molecule is COCCNC(=O)C(C)NC(C)CC(C)C. The Bertz CT molecular complexity index is 195. The van der Waals surface area contributed by atoms with Crippen LogP contribution < -0.4 is 10.6 Å². The molecule has 2 N–H and O–H groups in total. The van der Waals surface area contributed by atoms with Gasteiger partial charge in [0.15, 0.2) is 0 Å². The molecule has 0 aromatic heterocycles. The highest BCUT2D eigenvalue weighted by Crippen LogP contribution is 2.04. The summed E-state index contributed by atoms with van der Waals surface area (Å²) >= 11 is 0. The third kappa shape index (κ3) is 7.65. The fourth-order valence-electron chi connectivity index (χ4n) is 1.71. The molecule has 0 rings (SSSR count). The quantitative estimate of drug-likeness (QED) is 0.615. The van der Waals surface area contributed by atoms with E-state index in [0.717, 1.165) is 6.42 Å². The van der Waals surface area contributed by atoms with Crippen molar-refractivity contribution in [3.63, 3.8) is 0 Å². The number of rotatable bonds is 8. The summed E-state index contributed by atoms with van der Waals surface area (Å²) in [7, 11) is 1.62. The Hall–Kier alpha value is -0.610. The van der Waals surface area contributed by atoms with E-state index in [4.69, 9.17) is 4.74 Å². The molecule has 0 aliphatic heterocycles. The van der Waals surface area contributed by atoms with Gasteiger partial charge >= 0.3 is 0 Å². The average molecular weight is 230 g/mol. The smallest absolute Gasteiger partial charge is 0.236 e. The molecule has 0 bridgehead atoms. The molecule has 0 aliphatic rings. The molecule has 0 saturated heterocycles. The zero-order chi connectivity index (χ0) is 12.6. The van der Waals surface area contributed by atoms with Gasteiger partial charge in [-0.3, -0.25) is 4.79 Å². The third-order valence-electron chi connectivity index (χ3n) is 2.36. The van der Waals surface area contributed by atoms with E-state index in [-0.39, 0.29) is 11.9 Å². The standard InChI is InChI=1S/C12H26N2O2/c1-9(2)8-10(3)14-11(4)12(15)13-6-7-16-5/h9-11,14H,6-8H2,1-5H3,(H,13,15). The molecule has 1 amide bonds. The van der Waals surface area contributed by atoms with Crippen molar-refractivity contribution >= 4 is 5.91 Å². The molecule has 4 nitrogen and oxygen atoms in total. The summed E-state index contributed by atoms with van der Waals surface area (Å²) in [6.45, 7) is 9.49. The maximum absolute atomic E-state index is 11.6. The molecule has 0 aromatic rings. The van der Waals surface area contributed by atoms with Crippen molar-refractivity contribution in [1.82, 2.24) is 10.6 Å². The number of hydrogen-bond acceptors (Lipinski definition) is 3. The number of carbonyl (C=O) groups excluding carboxylic acids is 1. The van der Waals surface area contributed by atoms with Gasteiger partial charge in [0.2, 0.25) is 5.91 Å². The van der Waals surface area contributed by atoms with Gasteiger partial charge < -0.3 is 15.4 Å². The van der Waals surface area contributed by atoms with Gasteiger partial charge in [-0.05, 0) is 26.2 Å². The molecule has 0 heterocycles. The van der Waals surface area contributed by atoms with E-state index >= 15 is 0 Å². The molecule has 0 aromatic carbocycles. The summed E-state index contributed by atoms with van der Waals surface area (Å²) in [4.78, 5) is 11.6. The van der Waals surface area contributed by atoms with Crippen LogP contribution in [0.2, 0.25) is 0 Å². The average Bonchev–Trinajstić information content (AvgIpc) is 2.16. The van der Waals surface area contributed by atoms with Crippen LogP contribution >= 0.6 is 0 Å².